The van der Waals surface area contributed by atoms with Gasteiger partial charge in [-0.25, -0.2) is 4.99 Å². The van der Waals surface area contributed by atoms with Gasteiger partial charge in [-0.15, -0.1) is 0 Å². The predicted molar refractivity (Wildman–Crippen MR) is 138 cm³/mol. The molecule has 0 radical (unpaired) electrons. The number of aliphatic imine (C=N–C) groups is 1. The zero-order valence-electron chi connectivity index (χ0n) is 20.0. The molecule has 1 amide bonds. The van der Waals surface area contributed by atoms with Crippen LogP contribution in [0.4, 0.5) is 5.69 Å². The Kier molecular flexibility index (Phi) is 6.47. The topological polar surface area (TPSA) is 46.8 Å². The van der Waals surface area contributed by atoms with Gasteiger partial charge in [-0.2, -0.15) is 0 Å². The highest BCUT2D eigenvalue weighted by Gasteiger charge is 2.32. The highest BCUT2D eigenvalue weighted by atomic mass is 32.2. The van der Waals surface area contributed by atoms with E-state index in [-0.39, 0.29) is 5.91 Å². The molecule has 1 aliphatic heterocycles. The van der Waals surface area contributed by atoms with Crippen molar-refractivity contribution >= 4 is 34.6 Å². The van der Waals surface area contributed by atoms with Crippen LogP contribution < -0.4 is 4.74 Å². The Morgan fingerprint density at radius 2 is 1.70 bits per heavy atom. The van der Waals surface area contributed by atoms with Crippen LogP contribution in [0.5, 0.6) is 5.75 Å². The number of hydrogen-bond donors (Lipinski definition) is 0. The monoisotopic (exact) mass is 459 g/mol. The summed E-state index contributed by atoms with van der Waals surface area (Å²) >= 11 is 1.42. The number of methoxy groups -OCH3 is 1. The van der Waals surface area contributed by atoms with Gasteiger partial charge in [-0.3, -0.25) is 9.69 Å². The largest absolute Gasteiger partial charge is 0.497 e. The molecular formula is C27H29N3O2S. The Hall–Kier alpha value is -3.25. The molecule has 3 aromatic rings. The summed E-state index contributed by atoms with van der Waals surface area (Å²) in [7, 11) is 1.64. The number of carbonyl (C=O) groups is 1. The van der Waals surface area contributed by atoms with Crippen LogP contribution in [0.2, 0.25) is 0 Å². The molecule has 0 atom stereocenters. The Bertz CT molecular complexity index is 1250. The Balaban J connectivity index is 1.71. The third kappa shape index (κ3) is 4.35. The van der Waals surface area contributed by atoms with E-state index in [9.17, 15) is 4.79 Å². The van der Waals surface area contributed by atoms with Crippen LogP contribution in [0.15, 0.2) is 58.4 Å². The predicted octanol–water partition coefficient (Wildman–Crippen LogP) is 6.34. The summed E-state index contributed by atoms with van der Waals surface area (Å²) in [6.07, 6.45) is 2.00. The summed E-state index contributed by atoms with van der Waals surface area (Å²) < 4.78 is 7.50. The molecule has 1 aromatic heterocycles. The van der Waals surface area contributed by atoms with Gasteiger partial charge in [0.25, 0.3) is 5.91 Å². The van der Waals surface area contributed by atoms with Crippen LogP contribution in [-0.4, -0.2) is 34.2 Å². The Labute approximate surface area is 199 Å². The second-order valence-corrected chi connectivity index (χ2v) is 9.16. The number of nitrogens with zero attached hydrogens (tertiary/aromatic N) is 3. The number of amides is 1. The zero-order valence-corrected chi connectivity index (χ0v) is 20.8. The van der Waals surface area contributed by atoms with Gasteiger partial charge in [0.05, 0.1) is 23.4 Å². The molecule has 0 aliphatic carbocycles. The van der Waals surface area contributed by atoms with Gasteiger partial charge in [0, 0.05) is 17.9 Å². The lowest BCUT2D eigenvalue weighted by Gasteiger charge is -2.15. The van der Waals surface area contributed by atoms with E-state index in [2.05, 4.69) is 56.5 Å². The average Bonchev–Trinajstić information content (AvgIpc) is 3.24. The zero-order chi connectivity index (χ0) is 23.7. The molecule has 2 aromatic carbocycles. The number of thioether (sulfide) groups is 1. The van der Waals surface area contributed by atoms with E-state index >= 15 is 0 Å². The van der Waals surface area contributed by atoms with E-state index in [4.69, 9.17) is 9.73 Å². The van der Waals surface area contributed by atoms with Crippen molar-refractivity contribution in [1.29, 1.82) is 0 Å². The number of hydrogen-bond acceptors (Lipinski definition) is 4. The van der Waals surface area contributed by atoms with Crippen LogP contribution in [0.25, 0.3) is 11.8 Å². The molecule has 0 saturated carbocycles. The van der Waals surface area contributed by atoms with Crippen LogP contribution in [-0.2, 0) is 4.79 Å². The quantitative estimate of drug-likeness (QED) is 0.418. The molecule has 0 bridgehead atoms. The first-order valence-electron chi connectivity index (χ1n) is 11.0. The van der Waals surface area contributed by atoms with Crippen LogP contribution in [0.1, 0.15) is 35.0 Å². The smallest absolute Gasteiger partial charge is 0.266 e. The van der Waals surface area contributed by atoms with Gasteiger partial charge in [0.1, 0.15) is 5.75 Å². The van der Waals surface area contributed by atoms with Crippen molar-refractivity contribution in [2.45, 2.75) is 34.6 Å². The summed E-state index contributed by atoms with van der Waals surface area (Å²) in [5.41, 5.74) is 7.77. The van der Waals surface area contributed by atoms with Gasteiger partial charge >= 0.3 is 0 Å². The van der Waals surface area contributed by atoms with Crippen LogP contribution >= 0.6 is 11.8 Å². The van der Waals surface area contributed by atoms with Crippen molar-refractivity contribution < 1.29 is 9.53 Å². The van der Waals surface area contributed by atoms with Gasteiger partial charge in [-0.1, -0.05) is 18.2 Å². The fourth-order valence-corrected chi connectivity index (χ4v) is 5.27. The number of carbonyl (C=O) groups excluding carboxylic acids is 1. The van der Waals surface area contributed by atoms with E-state index in [1.165, 1.54) is 28.6 Å². The first-order valence-corrected chi connectivity index (χ1v) is 11.8. The van der Waals surface area contributed by atoms with E-state index in [0.29, 0.717) is 16.6 Å². The number of para-hydroxylation sites is 1. The van der Waals surface area contributed by atoms with Gasteiger partial charge in [-0.05, 0) is 99.5 Å². The molecule has 0 unspecified atom stereocenters. The fraction of sp³-hybridized carbons (Fsp3) is 0.259. The third-order valence-electron chi connectivity index (χ3n) is 5.92. The lowest BCUT2D eigenvalue weighted by Crippen LogP contribution is -2.28. The Morgan fingerprint density at radius 1 is 1.03 bits per heavy atom. The highest BCUT2D eigenvalue weighted by Crippen LogP contribution is 2.36. The summed E-state index contributed by atoms with van der Waals surface area (Å²) in [6, 6.07) is 16.0. The molecular weight excluding hydrogens is 430 g/mol. The van der Waals surface area contributed by atoms with Crippen molar-refractivity contribution in [3.8, 4) is 11.4 Å². The fourth-order valence-electron chi connectivity index (χ4n) is 4.21. The van der Waals surface area contributed by atoms with Crippen molar-refractivity contribution in [3.63, 3.8) is 0 Å². The van der Waals surface area contributed by atoms with Crippen LogP contribution in [0.3, 0.4) is 0 Å². The van der Waals surface area contributed by atoms with E-state index < -0.39 is 0 Å². The summed E-state index contributed by atoms with van der Waals surface area (Å²) in [6.45, 7) is 11.0. The second-order valence-electron chi connectivity index (χ2n) is 8.15. The van der Waals surface area contributed by atoms with Gasteiger partial charge < -0.3 is 9.30 Å². The number of benzene rings is 2. The minimum absolute atomic E-state index is 0.00774. The van der Waals surface area contributed by atoms with Gasteiger partial charge in [0.15, 0.2) is 5.17 Å². The number of ether oxygens (including phenoxy) is 1. The number of likely N-dealkylation sites (N-methyl/N-ethyl adjacent to an activating group) is 1. The summed E-state index contributed by atoms with van der Waals surface area (Å²) in [5.74, 6) is 0.771. The number of aromatic nitrogens is 1. The molecule has 0 N–H and O–H groups in total. The Morgan fingerprint density at radius 3 is 2.30 bits per heavy atom. The maximum absolute atomic E-state index is 13.2. The summed E-state index contributed by atoms with van der Waals surface area (Å²) in [5, 5.41) is 0.697. The average molecular weight is 460 g/mol. The minimum atomic E-state index is -0.00774. The van der Waals surface area contributed by atoms with Gasteiger partial charge in [0.2, 0.25) is 0 Å². The lowest BCUT2D eigenvalue weighted by molar-refractivity contribution is -0.122. The first-order chi connectivity index (χ1) is 15.8. The molecule has 2 heterocycles. The number of aryl methyl sites for hydroxylation is 3. The van der Waals surface area contributed by atoms with Crippen LogP contribution in [0, 0.1) is 27.7 Å². The SMILES string of the molecule is CCN1C(=O)/C(=C\c2cc(C)n(-c3c(C)cccc3C)c2C)SC1=Nc1ccc(OC)cc1. The molecule has 33 heavy (non-hydrogen) atoms. The van der Waals surface area contributed by atoms with E-state index in [1.807, 2.05) is 37.3 Å². The molecule has 5 nitrogen and oxygen atoms in total. The number of rotatable bonds is 5. The first kappa shape index (κ1) is 22.9. The van der Waals surface area contributed by atoms with Crippen molar-refractivity contribution in [3.05, 3.63) is 81.5 Å². The molecule has 6 heteroatoms. The lowest BCUT2D eigenvalue weighted by atomic mass is 10.1. The second kappa shape index (κ2) is 9.32. The molecule has 1 saturated heterocycles. The molecule has 1 fully saturated rings. The standard InChI is InChI=1S/C27H29N3O2S/c1-7-29-26(31)24(33-27(29)28-22-11-13-23(32-6)14-12-22)16-21-15-19(4)30(20(21)5)25-17(2)9-8-10-18(25)3/h8-16H,7H2,1-6H3/b24-16+,28-27?. The molecule has 4 rings (SSSR count). The molecule has 170 valence electrons. The number of amidine groups is 1. The third-order valence-corrected chi connectivity index (χ3v) is 6.93. The maximum Gasteiger partial charge on any atom is 0.266 e. The molecule has 0 spiro atoms. The summed E-state index contributed by atoms with van der Waals surface area (Å²) in [4.78, 5) is 20.3. The normalized spacial score (nSPS) is 16.3. The van der Waals surface area contributed by atoms with Crippen molar-refractivity contribution in [2.24, 2.45) is 4.99 Å². The van der Waals surface area contributed by atoms with E-state index in [0.717, 1.165) is 28.4 Å². The van der Waals surface area contributed by atoms with Crippen molar-refractivity contribution in [1.82, 2.24) is 9.47 Å². The maximum atomic E-state index is 13.2. The van der Waals surface area contributed by atoms with E-state index in [1.54, 1.807) is 12.0 Å². The minimum Gasteiger partial charge on any atom is -0.497 e. The molecule has 1 aliphatic rings. The van der Waals surface area contributed by atoms with Crippen molar-refractivity contribution in [2.75, 3.05) is 13.7 Å². The highest BCUT2D eigenvalue weighted by molar-refractivity contribution is 8.18.